The average molecular weight is 226 g/mol. The summed E-state index contributed by atoms with van der Waals surface area (Å²) in [6.45, 7) is 1.88. The molecule has 0 aliphatic heterocycles. The number of methoxy groups -OCH3 is 1. The Labute approximate surface area is 99.1 Å². The van der Waals surface area contributed by atoms with Crippen LogP contribution >= 0.6 is 0 Å². The van der Waals surface area contributed by atoms with E-state index in [1.165, 1.54) is 38.5 Å². The fraction of sp³-hybridized carbons (Fsp3) is 1.00. The van der Waals surface area contributed by atoms with E-state index in [4.69, 9.17) is 10.5 Å². The van der Waals surface area contributed by atoms with Crippen molar-refractivity contribution in [3.8, 4) is 0 Å². The molecule has 0 aromatic rings. The van der Waals surface area contributed by atoms with Crippen molar-refractivity contribution in [2.24, 2.45) is 11.7 Å². The summed E-state index contributed by atoms with van der Waals surface area (Å²) < 4.78 is 5.49. The lowest BCUT2D eigenvalue weighted by atomic mass is 9.80. The van der Waals surface area contributed by atoms with Gasteiger partial charge in [0.2, 0.25) is 0 Å². The highest BCUT2D eigenvalue weighted by Gasteiger charge is 2.35. The smallest absolute Gasteiger partial charge is 0.0589 e. The SMILES string of the molecule is COC1CCCC(CN)(NCCC2CC2)C1. The molecule has 2 rings (SSSR count). The van der Waals surface area contributed by atoms with Crippen molar-refractivity contribution in [3.05, 3.63) is 0 Å². The van der Waals surface area contributed by atoms with E-state index in [1.807, 2.05) is 7.11 Å². The molecule has 3 nitrogen and oxygen atoms in total. The van der Waals surface area contributed by atoms with Crippen LogP contribution in [-0.2, 0) is 4.74 Å². The van der Waals surface area contributed by atoms with E-state index >= 15 is 0 Å². The summed E-state index contributed by atoms with van der Waals surface area (Å²) in [5.41, 5.74) is 6.13. The van der Waals surface area contributed by atoms with Crippen molar-refractivity contribution in [3.63, 3.8) is 0 Å². The molecule has 2 fully saturated rings. The number of hydrogen-bond acceptors (Lipinski definition) is 3. The Bertz CT molecular complexity index is 218. The van der Waals surface area contributed by atoms with Crippen LogP contribution in [0.15, 0.2) is 0 Å². The van der Waals surface area contributed by atoms with Crippen molar-refractivity contribution in [2.75, 3.05) is 20.2 Å². The third-order valence-corrected chi connectivity index (χ3v) is 4.27. The fourth-order valence-corrected chi connectivity index (χ4v) is 2.88. The van der Waals surface area contributed by atoms with Gasteiger partial charge in [-0.3, -0.25) is 0 Å². The van der Waals surface area contributed by atoms with Crippen molar-refractivity contribution in [2.45, 2.75) is 56.6 Å². The zero-order valence-corrected chi connectivity index (χ0v) is 10.5. The Hall–Kier alpha value is -0.120. The molecular weight excluding hydrogens is 200 g/mol. The quantitative estimate of drug-likeness (QED) is 0.724. The van der Waals surface area contributed by atoms with Gasteiger partial charge in [0.05, 0.1) is 6.10 Å². The van der Waals surface area contributed by atoms with Crippen LogP contribution in [0.4, 0.5) is 0 Å². The van der Waals surface area contributed by atoms with Gasteiger partial charge in [0.1, 0.15) is 0 Å². The van der Waals surface area contributed by atoms with Gasteiger partial charge in [-0.1, -0.05) is 12.8 Å². The second-order valence-electron chi connectivity index (χ2n) is 5.60. The van der Waals surface area contributed by atoms with Crippen molar-refractivity contribution >= 4 is 0 Å². The maximum absolute atomic E-state index is 5.97. The Kier molecular flexibility index (Phi) is 4.22. The van der Waals surface area contributed by atoms with Crippen LogP contribution < -0.4 is 11.1 Å². The largest absolute Gasteiger partial charge is 0.381 e. The summed E-state index contributed by atoms with van der Waals surface area (Å²) in [4.78, 5) is 0. The van der Waals surface area contributed by atoms with E-state index < -0.39 is 0 Å². The molecular formula is C13H26N2O. The first kappa shape index (κ1) is 12.3. The molecule has 2 aliphatic rings. The highest BCUT2D eigenvalue weighted by molar-refractivity contribution is 4.95. The Balaban J connectivity index is 1.78. The molecule has 2 unspecified atom stereocenters. The fourth-order valence-electron chi connectivity index (χ4n) is 2.88. The summed E-state index contributed by atoms with van der Waals surface area (Å²) in [7, 11) is 1.82. The van der Waals surface area contributed by atoms with E-state index in [9.17, 15) is 0 Å². The number of nitrogens with one attached hydrogen (secondary N) is 1. The van der Waals surface area contributed by atoms with Gasteiger partial charge in [0.25, 0.3) is 0 Å². The van der Waals surface area contributed by atoms with Crippen LogP contribution in [0.25, 0.3) is 0 Å². The zero-order valence-electron chi connectivity index (χ0n) is 10.5. The lowest BCUT2D eigenvalue weighted by Crippen LogP contribution is -2.55. The third-order valence-electron chi connectivity index (χ3n) is 4.27. The van der Waals surface area contributed by atoms with Crippen LogP contribution in [0.3, 0.4) is 0 Å². The Morgan fingerprint density at radius 1 is 1.38 bits per heavy atom. The van der Waals surface area contributed by atoms with E-state index in [0.29, 0.717) is 6.10 Å². The molecule has 3 heteroatoms. The summed E-state index contributed by atoms with van der Waals surface area (Å²) in [5.74, 6) is 1.00. The van der Waals surface area contributed by atoms with Gasteiger partial charge >= 0.3 is 0 Å². The molecule has 0 amide bonds. The number of rotatable bonds is 6. The van der Waals surface area contributed by atoms with E-state index in [1.54, 1.807) is 0 Å². The highest BCUT2D eigenvalue weighted by Crippen LogP contribution is 2.33. The van der Waals surface area contributed by atoms with Crippen LogP contribution in [0.5, 0.6) is 0 Å². The number of nitrogens with two attached hydrogens (primary N) is 1. The van der Waals surface area contributed by atoms with E-state index in [2.05, 4.69) is 5.32 Å². The van der Waals surface area contributed by atoms with Crippen molar-refractivity contribution in [1.82, 2.24) is 5.32 Å². The minimum Gasteiger partial charge on any atom is -0.381 e. The molecule has 0 aromatic carbocycles. The normalized spacial score (nSPS) is 35.2. The van der Waals surface area contributed by atoms with Gasteiger partial charge in [-0.2, -0.15) is 0 Å². The molecule has 0 heterocycles. The predicted octanol–water partition coefficient (Wildman–Crippen LogP) is 1.66. The molecule has 2 saturated carbocycles. The van der Waals surface area contributed by atoms with Crippen LogP contribution in [-0.4, -0.2) is 31.8 Å². The van der Waals surface area contributed by atoms with Crippen LogP contribution in [0, 0.1) is 5.92 Å². The van der Waals surface area contributed by atoms with Crippen LogP contribution in [0.2, 0.25) is 0 Å². The minimum absolute atomic E-state index is 0.161. The summed E-state index contributed by atoms with van der Waals surface area (Å²) >= 11 is 0. The molecule has 2 atom stereocenters. The molecule has 0 bridgehead atoms. The lowest BCUT2D eigenvalue weighted by molar-refractivity contribution is 0.0328. The number of ether oxygens (including phenoxy) is 1. The Morgan fingerprint density at radius 3 is 2.81 bits per heavy atom. The maximum Gasteiger partial charge on any atom is 0.0589 e. The van der Waals surface area contributed by atoms with Crippen molar-refractivity contribution < 1.29 is 4.74 Å². The topological polar surface area (TPSA) is 47.3 Å². The third kappa shape index (κ3) is 3.19. The molecule has 3 N–H and O–H groups in total. The summed E-state index contributed by atoms with van der Waals surface area (Å²) in [5, 5.41) is 3.72. The van der Waals surface area contributed by atoms with E-state index in [0.717, 1.165) is 25.4 Å². The maximum atomic E-state index is 5.97. The molecule has 2 aliphatic carbocycles. The molecule has 0 spiro atoms. The highest BCUT2D eigenvalue weighted by atomic mass is 16.5. The average Bonchev–Trinajstić information content (AvgIpc) is 3.13. The van der Waals surface area contributed by atoms with Gasteiger partial charge in [0.15, 0.2) is 0 Å². The van der Waals surface area contributed by atoms with Gasteiger partial charge in [0, 0.05) is 19.2 Å². The lowest BCUT2D eigenvalue weighted by Gasteiger charge is -2.40. The van der Waals surface area contributed by atoms with Crippen molar-refractivity contribution in [1.29, 1.82) is 0 Å². The van der Waals surface area contributed by atoms with Crippen LogP contribution in [0.1, 0.15) is 44.9 Å². The second-order valence-corrected chi connectivity index (χ2v) is 5.60. The molecule has 0 aromatic heterocycles. The van der Waals surface area contributed by atoms with Gasteiger partial charge in [-0.05, 0) is 44.6 Å². The first-order valence-electron chi connectivity index (χ1n) is 6.76. The molecule has 16 heavy (non-hydrogen) atoms. The van der Waals surface area contributed by atoms with Gasteiger partial charge in [-0.25, -0.2) is 0 Å². The Morgan fingerprint density at radius 2 is 2.19 bits per heavy atom. The zero-order chi connectivity index (χ0) is 11.4. The molecule has 94 valence electrons. The predicted molar refractivity (Wildman–Crippen MR) is 66.4 cm³/mol. The monoisotopic (exact) mass is 226 g/mol. The van der Waals surface area contributed by atoms with E-state index in [-0.39, 0.29) is 5.54 Å². The molecule has 0 saturated heterocycles. The standard InChI is InChI=1S/C13H26N2O/c1-16-12-3-2-7-13(9-12,10-14)15-8-6-11-4-5-11/h11-12,15H,2-10,14H2,1H3. The van der Waals surface area contributed by atoms with Gasteiger partial charge in [-0.15, -0.1) is 0 Å². The van der Waals surface area contributed by atoms with Gasteiger partial charge < -0.3 is 15.8 Å². The minimum atomic E-state index is 0.161. The number of hydrogen-bond donors (Lipinski definition) is 2. The molecule has 0 radical (unpaired) electrons. The summed E-state index contributed by atoms with van der Waals surface area (Å²) in [6.07, 6.45) is 9.37. The first-order chi connectivity index (χ1) is 7.78. The first-order valence-corrected chi connectivity index (χ1v) is 6.76. The summed E-state index contributed by atoms with van der Waals surface area (Å²) in [6, 6.07) is 0. The second kappa shape index (κ2) is 5.48.